The van der Waals surface area contributed by atoms with E-state index < -0.39 is 0 Å². The van der Waals surface area contributed by atoms with E-state index in [0.717, 1.165) is 11.8 Å². The van der Waals surface area contributed by atoms with E-state index in [2.05, 4.69) is 45.1 Å². The standard InChI is InChI=1S/C16H25NO/c1-10-9-16(18-5)11(2)8-15(10)12(3)13(4)17-14-6-7-14/h8-9,12-14,17H,6-7H2,1-5H3. The zero-order valence-electron chi connectivity index (χ0n) is 12.2. The second kappa shape index (κ2) is 5.31. The number of hydrogen-bond donors (Lipinski definition) is 1. The second-order valence-electron chi connectivity index (χ2n) is 5.70. The van der Waals surface area contributed by atoms with Gasteiger partial charge in [0.05, 0.1) is 7.11 Å². The predicted octanol–water partition coefficient (Wildman–Crippen LogP) is 3.56. The Bertz CT molecular complexity index is 423. The van der Waals surface area contributed by atoms with Crippen molar-refractivity contribution in [3.8, 4) is 5.75 Å². The Morgan fingerprint density at radius 3 is 2.39 bits per heavy atom. The lowest BCUT2D eigenvalue weighted by molar-refractivity contribution is 0.410. The molecular weight excluding hydrogens is 222 g/mol. The minimum atomic E-state index is 0.531. The number of aryl methyl sites for hydroxylation is 2. The number of hydrogen-bond acceptors (Lipinski definition) is 2. The minimum absolute atomic E-state index is 0.531. The lowest BCUT2D eigenvalue weighted by Crippen LogP contribution is -2.32. The first kappa shape index (κ1) is 13.4. The summed E-state index contributed by atoms with van der Waals surface area (Å²) in [4.78, 5) is 0. The molecule has 1 saturated carbocycles. The monoisotopic (exact) mass is 247 g/mol. The summed E-state index contributed by atoms with van der Waals surface area (Å²) in [7, 11) is 1.74. The van der Waals surface area contributed by atoms with Crippen LogP contribution in [-0.2, 0) is 0 Å². The molecule has 1 aromatic rings. The van der Waals surface area contributed by atoms with Gasteiger partial charge in [-0.15, -0.1) is 0 Å². The summed E-state index contributed by atoms with van der Waals surface area (Å²) in [5.74, 6) is 1.53. The van der Waals surface area contributed by atoms with Gasteiger partial charge in [-0.25, -0.2) is 0 Å². The molecule has 1 N–H and O–H groups in total. The maximum absolute atomic E-state index is 5.38. The van der Waals surface area contributed by atoms with E-state index in [1.165, 1.54) is 29.5 Å². The minimum Gasteiger partial charge on any atom is -0.496 e. The van der Waals surface area contributed by atoms with E-state index in [9.17, 15) is 0 Å². The third-order valence-electron chi connectivity index (χ3n) is 4.10. The van der Waals surface area contributed by atoms with Gasteiger partial charge >= 0.3 is 0 Å². The van der Waals surface area contributed by atoms with Crippen molar-refractivity contribution >= 4 is 0 Å². The first-order valence-electron chi connectivity index (χ1n) is 6.94. The molecular formula is C16H25NO. The van der Waals surface area contributed by atoms with Gasteiger partial charge in [0.1, 0.15) is 5.75 Å². The van der Waals surface area contributed by atoms with Gasteiger partial charge in [0.25, 0.3) is 0 Å². The number of benzene rings is 1. The number of methoxy groups -OCH3 is 1. The van der Waals surface area contributed by atoms with Gasteiger partial charge in [0.2, 0.25) is 0 Å². The van der Waals surface area contributed by atoms with Crippen molar-refractivity contribution in [3.05, 3.63) is 28.8 Å². The molecule has 2 heteroatoms. The molecule has 0 amide bonds. The van der Waals surface area contributed by atoms with Gasteiger partial charge in [0, 0.05) is 12.1 Å². The largest absolute Gasteiger partial charge is 0.496 e. The fourth-order valence-corrected chi connectivity index (χ4v) is 2.56. The second-order valence-corrected chi connectivity index (χ2v) is 5.70. The molecule has 2 rings (SSSR count). The third-order valence-corrected chi connectivity index (χ3v) is 4.10. The van der Waals surface area contributed by atoms with Crippen LogP contribution < -0.4 is 10.1 Å². The van der Waals surface area contributed by atoms with Crippen LogP contribution in [0.15, 0.2) is 12.1 Å². The van der Waals surface area contributed by atoms with E-state index in [4.69, 9.17) is 4.74 Å². The molecule has 0 aliphatic heterocycles. The van der Waals surface area contributed by atoms with E-state index in [1.54, 1.807) is 7.11 Å². The van der Waals surface area contributed by atoms with E-state index >= 15 is 0 Å². The normalized spacial score (nSPS) is 18.5. The molecule has 0 heterocycles. The van der Waals surface area contributed by atoms with Crippen LogP contribution in [0.25, 0.3) is 0 Å². The van der Waals surface area contributed by atoms with E-state index in [0.29, 0.717) is 12.0 Å². The summed E-state index contributed by atoms with van der Waals surface area (Å²) in [6.07, 6.45) is 2.69. The topological polar surface area (TPSA) is 21.3 Å². The summed E-state index contributed by atoms with van der Waals surface area (Å²) in [5, 5.41) is 3.70. The molecule has 100 valence electrons. The van der Waals surface area contributed by atoms with Crippen molar-refractivity contribution in [3.63, 3.8) is 0 Å². The van der Waals surface area contributed by atoms with Crippen molar-refractivity contribution in [2.75, 3.05) is 7.11 Å². The summed E-state index contributed by atoms with van der Waals surface area (Å²) in [6, 6.07) is 5.74. The molecule has 0 spiro atoms. The van der Waals surface area contributed by atoms with Gasteiger partial charge in [-0.3, -0.25) is 0 Å². The highest BCUT2D eigenvalue weighted by Gasteiger charge is 2.26. The van der Waals surface area contributed by atoms with Crippen LogP contribution in [0.3, 0.4) is 0 Å². The fourth-order valence-electron chi connectivity index (χ4n) is 2.56. The molecule has 0 saturated heterocycles. The highest BCUT2D eigenvalue weighted by Crippen LogP contribution is 2.30. The number of rotatable bonds is 5. The zero-order chi connectivity index (χ0) is 13.3. The highest BCUT2D eigenvalue weighted by atomic mass is 16.5. The third kappa shape index (κ3) is 2.86. The van der Waals surface area contributed by atoms with Gasteiger partial charge < -0.3 is 10.1 Å². The lowest BCUT2D eigenvalue weighted by Gasteiger charge is -2.24. The lowest BCUT2D eigenvalue weighted by atomic mass is 9.89. The van der Waals surface area contributed by atoms with Crippen LogP contribution in [0.2, 0.25) is 0 Å². The first-order chi connectivity index (χ1) is 8.52. The van der Waals surface area contributed by atoms with Crippen LogP contribution in [0, 0.1) is 13.8 Å². The summed E-state index contributed by atoms with van der Waals surface area (Å²) >= 11 is 0. The van der Waals surface area contributed by atoms with Crippen molar-refractivity contribution in [1.29, 1.82) is 0 Å². The van der Waals surface area contributed by atoms with Crippen molar-refractivity contribution in [2.24, 2.45) is 0 Å². The van der Waals surface area contributed by atoms with Crippen LogP contribution in [0.1, 0.15) is 49.3 Å². The summed E-state index contributed by atoms with van der Waals surface area (Å²) < 4.78 is 5.38. The Balaban J connectivity index is 2.17. The van der Waals surface area contributed by atoms with E-state index in [1.807, 2.05) is 0 Å². The van der Waals surface area contributed by atoms with Crippen LogP contribution in [-0.4, -0.2) is 19.2 Å². The van der Waals surface area contributed by atoms with Crippen LogP contribution in [0.5, 0.6) is 5.75 Å². The Morgan fingerprint density at radius 1 is 1.17 bits per heavy atom. The summed E-state index contributed by atoms with van der Waals surface area (Å²) in [5.41, 5.74) is 3.99. The smallest absolute Gasteiger partial charge is 0.122 e. The number of nitrogens with one attached hydrogen (secondary N) is 1. The van der Waals surface area contributed by atoms with Crippen molar-refractivity contribution in [1.82, 2.24) is 5.32 Å². The molecule has 1 aliphatic carbocycles. The molecule has 1 aromatic carbocycles. The molecule has 18 heavy (non-hydrogen) atoms. The quantitative estimate of drug-likeness (QED) is 0.859. The van der Waals surface area contributed by atoms with Crippen LogP contribution in [0.4, 0.5) is 0 Å². The summed E-state index contributed by atoms with van der Waals surface area (Å²) in [6.45, 7) is 8.90. The van der Waals surface area contributed by atoms with Crippen LogP contribution >= 0.6 is 0 Å². The number of ether oxygens (including phenoxy) is 1. The molecule has 2 atom stereocenters. The molecule has 0 bridgehead atoms. The predicted molar refractivity (Wildman–Crippen MR) is 76.5 cm³/mol. The van der Waals surface area contributed by atoms with Crippen molar-refractivity contribution < 1.29 is 4.74 Å². The molecule has 1 aliphatic rings. The maximum atomic E-state index is 5.38. The average Bonchev–Trinajstić information content (AvgIpc) is 3.14. The van der Waals surface area contributed by atoms with E-state index in [-0.39, 0.29) is 0 Å². The highest BCUT2D eigenvalue weighted by molar-refractivity contribution is 5.43. The molecule has 0 aromatic heterocycles. The van der Waals surface area contributed by atoms with Gasteiger partial charge in [0.15, 0.2) is 0 Å². The molecule has 2 nitrogen and oxygen atoms in total. The zero-order valence-corrected chi connectivity index (χ0v) is 12.2. The molecule has 1 fully saturated rings. The SMILES string of the molecule is COc1cc(C)c(C(C)C(C)NC2CC2)cc1C. The van der Waals surface area contributed by atoms with Gasteiger partial charge in [-0.2, -0.15) is 0 Å². The average molecular weight is 247 g/mol. The molecule has 0 radical (unpaired) electrons. The fraction of sp³-hybridized carbons (Fsp3) is 0.625. The Morgan fingerprint density at radius 2 is 1.83 bits per heavy atom. The molecule has 2 unspecified atom stereocenters. The maximum Gasteiger partial charge on any atom is 0.122 e. The Labute approximate surface area is 111 Å². The van der Waals surface area contributed by atoms with Gasteiger partial charge in [-0.1, -0.05) is 13.0 Å². The Hall–Kier alpha value is -1.02. The first-order valence-corrected chi connectivity index (χ1v) is 6.94. The Kier molecular flexibility index (Phi) is 3.96. The van der Waals surface area contributed by atoms with Crippen molar-refractivity contribution in [2.45, 2.75) is 58.5 Å². The van der Waals surface area contributed by atoms with Gasteiger partial charge in [-0.05, 0) is 62.3 Å².